The maximum absolute atomic E-state index is 5.52. The molecule has 0 saturated heterocycles. The third-order valence-electron chi connectivity index (χ3n) is 2.36. The van der Waals surface area contributed by atoms with Crippen LogP contribution in [0.25, 0.3) is 11.3 Å². The molecule has 2 nitrogen and oxygen atoms in total. The fourth-order valence-electron chi connectivity index (χ4n) is 1.54. The van der Waals surface area contributed by atoms with Crippen molar-refractivity contribution in [1.82, 2.24) is 4.98 Å². The number of ether oxygens (including phenoxy) is 1. The molecule has 1 unspecified atom stereocenters. The standard InChI is InChI=1S/C13H15NOS/c1-3-15-10(2)13-14-12(9-16-13)11-7-5-4-6-8-11/h4-10H,3H2,1-2H3. The molecule has 0 fully saturated rings. The van der Waals surface area contributed by atoms with Gasteiger partial charge in [0.25, 0.3) is 0 Å². The van der Waals surface area contributed by atoms with Crippen molar-refractivity contribution in [2.75, 3.05) is 6.61 Å². The molecule has 1 atom stereocenters. The van der Waals surface area contributed by atoms with Crippen LogP contribution in [0.3, 0.4) is 0 Å². The number of hydrogen-bond acceptors (Lipinski definition) is 3. The molecule has 84 valence electrons. The van der Waals surface area contributed by atoms with E-state index < -0.39 is 0 Å². The molecule has 0 spiro atoms. The van der Waals surface area contributed by atoms with Gasteiger partial charge < -0.3 is 4.74 Å². The lowest BCUT2D eigenvalue weighted by Gasteiger charge is -2.06. The number of rotatable bonds is 4. The lowest BCUT2D eigenvalue weighted by molar-refractivity contribution is 0.0762. The van der Waals surface area contributed by atoms with E-state index in [9.17, 15) is 0 Å². The van der Waals surface area contributed by atoms with Crippen molar-refractivity contribution in [3.05, 3.63) is 40.7 Å². The van der Waals surface area contributed by atoms with Crippen molar-refractivity contribution in [2.24, 2.45) is 0 Å². The zero-order chi connectivity index (χ0) is 11.4. The molecule has 0 radical (unpaired) electrons. The molecule has 0 aliphatic heterocycles. The molecule has 0 bridgehead atoms. The van der Waals surface area contributed by atoms with Crippen molar-refractivity contribution in [3.63, 3.8) is 0 Å². The second kappa shape index (κ2) is 5.23. The van der Waals surface area contributed by atoms with Gasteiger partial charge in [-0.3, -0.25) is 0 Å². The molecule has 0 aliphatic carbocycles. The van der Waals surface area contributed by atoms with Gasteiger partial charge in [-0.1, -0.05) is 30.3 Å². The summed E-state index contributed by atoms with van der Waals surface area (Å²) in [6.45, 7) is 4.76. The monoisotopic (exact) mass is 233 g/mol. The van der Waals surface area contributed by atoms with Crippen LogP contribution in [0.4, 0.5) is 0 Å². The number of benzene rings is 1. The van der Waals surface area contributed by atoms with Crippen LogP contribution < -0.4 is 0 Å². The highest BCUT2D eigenvalue weighted by molar-refractivity contribution is 7.10. The maximum Gasteiger partial charge on any atom is 0.122 e. The van der Waals surface area contributed by atoms with Gasteiger partial charge in [-0.2, -0.15) is 0 Å². The van der Waals surface area contributed by atoms with Gasteiger partial charge in [-0.05, 0) is 13.8 Å². The van der Waals surface area contributed by atoms with Crippen molar-refractivity contribution in [2.45, 2.75) is 20.0 Å². The topological polar surface area (TPSA) is 22.1 Å². The zero-order valence-electron chi connectivity index (χ0n) is 9.51. The summed E-state index contributed by atoms with van der Waals surface area (Å²) >= 11 is 1.66. The van der Waals surface area contributed by atoms with E-state index in [1.54, 1.807) is 11.3 Å². The van der Waals surface area contributed by atoms with Gasteiger partial charge >= 0.3 is 0 Å². The molecule has 0 N–H and O–H groups in total. The minimum Gasteiger partial charge on any atom is -0.372 e. The molecule has 0 aliphatic rings. The van der Waals surface area contributed by atoms with Gasteiger partial charge in [-0.25, -0.2) is 4.98 Å². The van der Waals surface area contributed by atoms with E-state index in [1.807, 2.05) is 32.0 Å². The SMILES string of the molecule is CCOC(C)c1nc(-c2ccccc2)cs1. The molecule has 1 aromatic carbocycles. The van der Waals surface area contributed by atoms with Crippen LogP contribution in [0.1, 0.15) is 25.0 Å². The van der Waals surface area contributed by atoms with Crippen LogP contribution in [0.5, 0.6) is 0 Å². The smallest absolute Gasteiger partial charge is 0.122 e. The Balaban J connectivity index is 2.20. The van der Waals surface area contributed by atoms with Gasteiger partial charge in [0.15, 0.2) is 0 Å². The highest BCUT2D eigenvalue weighted by Gasteiger charge is 2.10. The number of thiazole rings is 1. The minimum absolute atomic E-state index is 0.0902. The fraction of sp³-hybridized carbons (Fsp3) is 0.308. The largest absolute Gasteiger partial charge is 0.372 e. The summed E-state index contributed by atoms with van der Waals surface area (Å²) in [5.41, 5.74) is 2.20. The summed E-state index contributed by atoms with van der Waals surface area (Å²) in [7, 11) is 0. The fourth-order valence-corrected chi connectivity index (χ4v) is 2.37. The predicted octanol–water partition coefficient (Wildman–Crippen LogP) is 3.91. The first kappa shape index (κ1) is 11.3. The lowest BCUT2D eigenvalue weighted by Crippen LogP contribution is -1.98. The van der Waals surface area contributed by atoms with E-state index in [4.69, 9.17) is 4.74 Å². The van der Waals surface area contributed by atoms with E-state index in [-0.39, 0.29) is 6.10 Å². The number of nitrogens with zero attached hydrogens (tertiary/aromatic N) is 1. The maximum atomic E-state index is 5.52. The van der Waals surface area contributed by atoms with E-state index in [0.29, 0.717) is 0 Å². The number of hydrogen-bond donors (Lipinski definition) is 0. The van der Waals surface area contributed by atoms with E-state index in [2.05, 4.69) is 22.5 Å². The molecular weight excluding hydrogens is 218 g/mol. The Hall–Kier alpha value is -1.19. The van der Waals surface area contributed by atoms with E-state index in [0.717, 1.165) is 22.9 Å². The van der Waals surface area contributed by atoms with Crippen molar-refractivity contribution in [1.29, 1.82) is 0 Å². The summed E-state index contributed by atoms with van der Waals surface area (Å²) in [6, 6.07) is 10.2. The minimum atomic E-state index is 0.0902. The molecule has 1 aromatic heterocycles. The third-order valence-corrected chi connectivity index (χ3v) is 3.36. The van der Waals surface area contributed by atoms with Crippen LogP contribution in [-0.4, -0.2) is 11.6 Å². The summed E-state index contributed by atoms with van der Waals surface area (Å²) in [5, 5.41) is 3.13. The van der Waals surface area contributed by atoms with Crippen molar-refractivity contribution < 1.29 is 4.74 Å². The molecule has 2 rings (SSSR count). The molecule has 0 saturated carbocycles. The normalized spacial score (nSPS) is 12.6. The van der Waals surface area contributed by atoms with Crippen LogP contribution >= 0.6 is 11.3 Å². The first-order valence-corrected chi connectivity index (χ1v) is 6.31. The van der Waals surface area contributed by atoms with Crippen molar-refractivity contribution >= 4 is 11.3 Å². The average molecular weight is 233 g/mol. The zero-order valence-corrected chi connectivity index (χ0v) is 10.3. The van der Waals surface area contributed by atoms with Gasteiger partial charge in [0.2, 0.25) is 0 Å². The third kappa shape index (κ3) is 2.49. The second-order valence-corrected chi connectivity index (χ2v) is 4.42. The lowest BCUT2D eigenvalue weighted by atomic mass is 10.2. The quantitative estimate of drug-likeness (QED) is 0.798. The second-order valence-electron chi connectivity index (χ2n) is 3.53. The van der Waals surface area contributed by atoms with Gasteiger partial charge in [0.1, 0.15) is 11.1 Å². The highest BCUT2D eigenvalue weighted by atomic mass is 32.1. The Morgan fingerprint density at radius 2 is 2.06 bits per heavy atom. The summed E-state index contributed by atoms with van der Waals surface area (Å²) in [4.78, 5) is 4.59. The Morgan fingerprint density at radius 1 is 1.31 bits per heavy atom. The van der Waals surface area contributed by atoms with Crippen molar-refractivity contribution in [3.8, 4) is 11.3 Å². The molecule has 16 heavy (non-hydrogen) atoms. The average Bonchev–Trinajstić information content (AvgIpc) is 2.80. The number of aromatic nitrogens is 1. The molecule has 1 heterocycles. The predicted molar refractivity (Wildman–Crippen MR) is 67.6 cm³/mol. The van der Waals surface area contributed by atoms with E-state index in [1.165, 1.54) is 0 Å². The molecule has 2 aromatic rings. The Labute approximate surface area is 99.9 Å². The summed E-state index contributed by atoms with van der Waals surface area (Å²) in [6.07, 6.45) is 0.0902. The first-order valence-electron chi connectivity index (χ1n) is 5.43. The van der Waals surface area contributed by atoms with Crippen LogP contribution in [0, 0.1) is 0 Å². The van der Waals surface area contributed by atoms with Gasteiger partial charge in [0.05, 0.1) is 5.69 Å². The van der Waals surface area contributed by atoms with Gasteiger partial charge in [-0.15, -0.1) is 11.3 Å². The highest BCUT2D eigenvalue weighted by Crippen LogP contribution is 2.26. The molecule has 3 heteroatoms. The van der Waals surface area contributed by atoms with E-state index >= 15 is 0 Å². The van der Waals surface area contributed by atoms with Gasteiger partial charge in [0, 0.05) is 17.6 Å². The van der Waals surface area contributed by atoms with Crippen LogP contribution in [0.2, 0.25) is 0 Å². The Bertz CT molecular complexity index is 438. The molecular formula is C13H15NOS. The Kier molecular flexibility index (Phi) is 3.70. The van der Waals surface area contributed by atoms with Crippen LogP contribution in [-0.2, 0) is 4.74 Å². The van der Waals surface area contributed by atoms with Crippen LogP contribution in [0.15, 0.2) is 35.7 Å². The summed E-state index contributed by atoms with van der Waals surface area (Å²) < 4.78 is 5.52. The summed E-state index contributed by atoms with van der Waals surface area (Å²) in [5.74, 6) is 0. The molecule has 0 amide bonds. The first-order chi connectivity index (χ1) is 7.81. The Morgan fingerprint density at radius 3 is 2.75 bits per heavy atom.